The van der Waals surface area contributed by atoms with E-state index in [0.29, 0.717) is 18.0 Å². The van der Waals surface area contributed by atoms with E-state index in [4.69, 9.17) is 15.2 Å². The lowest BCUT2D eigenvalue weighted by molar-refractivity contribution is 0.298. The lowest BCUT2D eigenvalue weighted by atomic mass is 10.2. The molecule has 2 aromatic rings. The van der Waals surface area contributed by atoms with Gasteiger partial charge in [0, 0.05) is 12.2 Å². The van der Waals surface area contributed by atoms with Gasteiger partial charge < -0.3 is 15.2 Å². The van der Waals surface area contributed by atoms with Gasteiger partial charge in [0.1, 0.15) is 11.5 Å². The Labute approximate surface area is 136 Å². The molecule has 0 unspecified atom stereocenters. The maximum Gasteiger partial charge on any atom is 0.265 e. The fourth-order valence-corrected chi connectivity index (χ4v) is 3.43. The van der Waals surface area contributed by atoms with Gasteiger partial charge in [-0.2, -0.15) is 0 Å². The fraction of sp³-hybridized carbons (Fsp3) is 0.250. The van der Waals surface area contributed by atoms with E-state index in [0.717, 1.165) is 5.56 Å². The van der Waals surface area contributed by atoms with Gasteiger partial charge in [-0.1, -0.05) is 18.2 Å². The SMILES string of the molecule is COc1c(OCCN)cc(C)cc1S(=O)(=O)Nc1ccccc1. The first-order valence-corrected chi connectivity index (χ1v) is 8.55. The predicted octanol–water partition coefficient (Wildman–Crippen LogP) is 2.14. The average Bonchev–Trinajstić information content (AvgIpc) is 2.53. The summed E-state index contributed by atoms with van der Waals surface area (Å²) in [6.45, 7) is 2.38. The molecule has 0 heterocycles. The summed E-state index contributed by atoms with van der Waals surface area (Å²) in [6.07, 6.45) is 0. The molecule has 0 aliphatic heterocycles. The molecule has 2 aromatic carbocycles. The standard InChI is InChI=1S/C16H20N2O4S/c1-12-10-14(22-9-8-17)16(21-2)15(11-12)23(19,20)18-13-6-4-3-5-7-13/h3-7,10-11,18H,8-9,17H2,1-2H3. The van der Waals surface area contributed by atoms with Crippen molar-refractivity contribution in [2.75, 3.05) is 25.0 Å². The molecule has 124 valence electrons. The molecule has 0 amide bonds. The van der Waals surface area contributed by atoms with Gasteiger partial charge in [0.05, 0.1) is 7.11 Å². The highest BCUT2D eigenvalue weighted by atomic mass is 32.2. The monoisotopic (exact) mass is 336 g/mol. The van der Waals surface area contributed by atoms with Crippen molar-refractivity contribution in [3.63, 3.8) is 0 Å². The van der Waals surface area contributed by atoms with Gasteiger partial charge in [-0.05, 0) is 36.8 Å². The van der Waals surface area contributed by atoms with Gasteiger partial charge in [0.15, 0.2) is 11.5 Å². The molecule has 3 N–H and O–H groups in total. The van der Waals surface area contributed by atoms with E-state index in [1.807, 2.05) is 6.07 Å². The molecular weight excluding hydrogens is 316 g/mol. The van der Waals surface area contributed by atoms with E-state index < -0.39 is 10.0 Å². The van der Waals surface area contributed by atoms with Crippen molar-refractivity contribution < 1.29 is 17.9 Å². The van der Waals surface area contributed by atoms with Crippen LogP contribution >= 0.6 is 0 Å². The number of hydrogen-bond acceptors (Lipinski definition) is 5. The highest BCUT2D eigenvalue weighted by molar-refractivity contribution is 7.92. The molecule has 0 saturated carbocycles. The normalized spacial score (nSPS) is 11.1. The number of anilines is 1. The first kappa shape index (κ1) is 17.1. The summed E-state index contributed by atoms with van der Waals surface area (Å²) >= 11 is 0. The third kappa shape index (κ3) is 4.14. The molecule has 0 aliphatic carbocycles. The summed E-state index contributed by atoms with van der Waals surface area (Å²) in [6, 6.07) is 11.9. The predicted molar refractivity (Wildman–Crippen MR) is 89.5 cm³/mol. The first-order valence-electron chi connectivity index (χ1n) is 7.07. The zero-order valence-corrected chi connectivity index (χ0v) is 13.9. The van der Waals surface area contributed by atoms with Crippen molar-refractivity contribution >= 4 is 15.7 Å². The number of ether oxygens (including phenoxy) is 2. The molecule has 0 fully saturated rings. The molecule has 2 rings (SSSR count). The topological polar surface area (TPSA) is 90.7 Å². The second-order valence-electron chi connectivity index (χ2n) is 4.90. The minimum Gasteiger partial charge on any atom is -0.492 e. The zero-order valence-electron chi connectivity index (χ0n) is 13.1. The van der Waals surface area contributed by atoms with E-state index in [1.54, 1.807) is 43.3 Å². The number of aryl methyl sites for hydroxylation is 1. The van der Waals surface area contributed by atoms with Crippen molar-refractivity contribution in [2.24, 2.45) is 5.73 Å². The average molecular weight is 336 g/mol. The van der Waals surface area contributed by atoms with E-state index in [2.05, 4.69) is 4.72 Å². The van der Waals surface area contributed by atoms with Gasteiger partial charge in [0.25, 0.3) is 10.0 Å². The smallest absolute Gasteiger partial charge is 0.265 e. The third-order valence-electron chi connectivity index (χ3n) is 3.06. The maximum atomic E-state index is 12.7. The Morgan fingerprint density at radius 3 is 2.48 bits per heavy atom. The molecule has 7 heteroatoms. The van der Waals surface area contributed by atoms with Crippen molar-refractivity contribution in [3.8, 4) is 11.5 Å². The third-order valence-corrected chi connectivity index (χ3v) is 4.45. The minimum atomic E-state index is -3.81. The van der Waals surface area contributed by atoms with Crippen LogP contribution in [0.5, 0.6) is 11.5 Å². The first-order chi connectivity index (χ1) is 11.0. The Kier molecular flexibility index (Phi) is 5.46. The van der Waals surface area contributed by atoms with Crippen molar-refractivity contribution in [3.05, 3.63) is 48.0 Å². The number of rotatable bonds is 7. The minimum absolute atomic E-state index is 0.0240. The Bertz CT molecular complexity index is 761. The Morgan fingerprint density at radius 1 is 1.17 bits per heavy atom. The number of sulfonamides is 1. The molecule has 0 atom stereocenters. The highest BCUT2D eigenvalue weighted by Gasteiger charge is 2.23. The quantitative estimate of drug-likeness (QED) is 0.808. The lowest BCUT2D eigenvalue weighted by Crippen LogP contribution is -2.16. The number of hydrogen-bond donors (Lipinski definition) is 2. The fourth-order valence-electron chi connectivity index (χ4n) is 2.10. The molecule has 0 aromatic heterocycles. The number of benzene rings is 2. The van der Waals surface area contributed by atoms with Crippen LogP contribution in [0.25, 0.3) is 0 Å². The van der Waals surface area contributed by atoms with Crippen molar-refractivity contribution in [1.29, 1.82) is 0 Å². The summed E-state index contributed by atoms with van der Waals surface area (Å²) in [5.41, 5.74) is 6.65. The van der Waals surface area contributed by atoms with E-state index in [9.17, 15) is 8.42 Å². The molecular formula is C16H20N2O4S. The molecule has 6 nitrogen and oxygen atoms in total. The van der Waals surface area contributed by atoms with Crippen molar-refractivity contribution in [1.82, 2.24) is 0 Å². The molecule has 0 spiro atoms. The Hall–Kier alpha value is -2.25. The second-order valence-corrected chi connectivity index (χ2v) is 6.55. The summed E-state index contributed by atoms with van der Waals surface area (Å²) < 4.78 is 38.7. The van der Waals surface area contributed by atoms with E-state index in [-0.39, 0.29) is 17.3 Å². The molecule has 0 radical (unpaired) electrons. The van der Waals surface area contributed by atoms with Crippen LogP contribution in [0.15, 0.2) is 47.4 Å². The van der Waals surface area contributed by atoms with Crippen molar-refractivity contribution in [2.45, 2.75) is 11.8 Å². The Morgan fingerprint density at radius 2 is 1.87 bits per heavy atom. The van der Waals surface area contributed by atoms with Crippen LogP contribution in [0, 0.1) is 6.92 Å². The summed E-state index contributed by atoms with van der Waals surface area (Å²) in [7, 11) is -2.41. The molecule has 0 bridgehead atoms. The van der Waals surface area contributed by atoms with Crippen LogP contribution in [-0.2, 0) is 10.0 Å². The number of methoxy groups -OCH3 is 1. The highest BCUT2D eigenvalue weighted by Crippen LogP contribution is 2.36. The van der Waals surface area contributed by atoms with E-state index in [1.165, 1.54) is 7.11 Å². The maximum absolute atomic E-state index is 12.7. The molecule has 23 heavy (non-hydrogen) atoms. The Balaban J connectivity index is 2.46. The summed E-state index contributed by atoms with van der Waals surface area (Å²) in [5, 5.41) is 0. The van der Waals surface area contributed by atoms with Gasteiger partial charge in [-0.15, -0.1) is 0 Å². The largest absolute Gasteiger partial charge is 0.492 e. The molecule has 0 aliphatic rings. The lowest BCUT2D eigenvalue weighted by Gasteiger charge is -2.16. The van der Waals surface area contributed by atoms with Gasteiger partial charge in [-0.3, -0.25) is 4.72 Å². The van der Waals surface area contributed by atoms with Crippen LogP contribution in [0.1, 0.15) is 5.56 Å². The van der Waals surface area contributed by atoms with E-state index >= 15 is 0 Å². The van der Waals surface area contributed by atoms with Crippen LogP contribution in [0.3, 0.4) is 0 Å². The van der Waals surface area contributed by atoms with Crippen LogP contribution in [0.2, 0.25) is 0 Å². The number of para-hydroxylation sites is 1. The van der Waals surface area contributed by atoms with Gasteiger partial charge >= 0.3 is 0 Å². The van der Waals surface area contributed by atoms with Gasteiger partial charge in [-0.25, -0.2) is 8.42 Å². The number of nitrogens with one attached hydrogen (secondary N) is 1. The van der Waals surface area contributed by atoms with Crippen LogP contribution in [-0.4, -0.2) is 28.7 Å². The molecule has 0 saturated heterocycles. The summed E-state index contributed by atoms with van der Waals surface area (Å²) in [5.74, 6) is 0.513. The summed E-state index contributed by atoms with van der Waals surface area (Å²) in [4.78, 5) is 0.0240. The van der Waals surface area contributed by atoms with Gasteiger partial charge in [0.2, 0.25) is 0 Å². The number of nitrogens with two attached hydrogens (primary N) is 1. The van der Waals surface area contributed by atoms with Crippen LogP contribution in [0.4, 0.5) is 5.69 Å². The second kappa shape index (κ2) is 7.34. The zero-order chi connectivity index (χ0) is 16.9. The van der Waals surface area contributed by atoms with Crippen LogP contribution < -0.4 is 19.9 Å².